The molecular formula is C25H35ClFN3O4. The summed E-state index contributed by atoms with van der Waals surface area (Å²) in [5.41, 5.74) is -0.0121. The van der Waals surface area contributed by atoms with Crippen molar-refractivity contribution in [2.75, 3.05) is 52.5 Å². The first-order valence-electron chi connectivity index (χ1n) is 12.2. The zero-order valence-electron chi connectivity index (χ0n) is 20.3. The smallest absolute Gasteiger partial charge is 0.410 e. The molecule has 0 saturated carbocycles. The Kier molecular flexibility index (Phi) is 7.69. The molecule has 0 bridgehead atoms. The van der Waals surface area contributed by atoms with Crippen molar-refractivity contribution in [2.24, 2.45) is 5.92 Å². The lowest BCUT2D eigenvalue weighted by molar-refractivity contribution is -0.137. The molecule has 3 heterocycles. The molecule has 2 atom stereocenters. The van der Waals surface area contributed by atoms with E-state index in [2.05, 4.69) is 4.90 Å². The minimum absolute atomic E-state index is 0.0257. The normalized spacial score (nSPS) is 25.0. The van der Waals surface area contributed by atoms with Gasteiger partial charge in [0.1, 0.15) is 11.4 Å². The van der Waals surface area contributed by atoms with E-state index in [1.54, 1.807) is 17.0 Å². The van der Waals surface area contributed by atoms with Crippen molar-refractivity contribution in [1.82, 2.24) is 14.7 Å². The highest BCUT2D eigenvalue weighted by atomic mass is 35.5. The Morgan fingerprint density at radius 2 is 1.71 bits per heavy atom. The van der Waals surface area contributed by atoms with Gasteiger partial charge >= 0.3 is 6.09 Å². The van der Waals surface area contributed by atoms with Crippen LogP contribution in [-0.4, -0.2) is 90.8 Å². The molecule has 1 aromatic carbocycles. The second kappa shape index (κ2) is 10.4. The molecule has 3 saturated heterocycles. The molecule has 3 aliphatic heterocycles. The summed E-state index contributed by atoms with van der Waals surface area (Å²) in [4.78, 5) is 31.9. The van der Waals surface area contributed by atoms with E-state index in [1.165, 1.54) is 6.07 Å². The highest BCUT2D eigenvalue weighted by molar-refractivity contribution is 6.30. The van der Waals surface area contributed by atoms with Crippen molar-refractivity contribution in [2.45, 2.75) is 51.2 Å². The summed E-state index contributed by atoms with van der Waals surface area (Å²) in [6, 6.07) is 5.08. The Morgan fingerprint density at radius 3 is 2.32 bits per heavy atom. The van der Waals surface area contributed by atoms with Gasteiger partial charge in [0.2, 0.25) is 5.91 Å². The number of ether oxygens (including phenoxy) is 2. The maximum Gasteiger partial charge on any atom is 0.410 e. The predicted octanol–water partition coefficient (Wildman–Crippen LogP) is 3.75. The van der Waals surface area contributed by atoms with Crippen molar-refractivity contribution in [3.8, 4) is 0 Å². The van der Waals surface area contributed by atoms with E-state index in [-0.39, 0.29) is 29.7 Å². The number of carbonyl (C=O) groups excluding carboxylic acids is 2. The van der Waals surface area contributed by atoms with Gasteiger partial charge in [0, 0.05) is 69.5 Å². The van der Waals surface area contributed by atoms with Crippen LogP contribution in [0, 0.1) is 11.7 Å². The Hall–Kier alpha value is -1.90. The maximum atomic E-state index is 14.9. The van der Waals surface area contributed by atoms with Crippen LogP contribution < -0.4 is 0 Å². The first-order valence-corrected chi connectivity index (χ1v) is 12.5. The molecule has 0 radical (unpaired) electrons. The lowest BCUT2D eigenvalue weighted by Gasteiger charge is -2.37. The van der Waals surface area contributed by atoms with Crippen molar-refractivity contribution < 1.29 is 23.5 Å². The van der Waals surface area contributed by atoms with E-state index < -0.39 is 5.60 Å². The number of piperazine rings is 1. The fourth-order valence-corrected chi connectivity index (χ4v) is 5.38. The van der Waals surface area contributed by atoms with Gasteiger partial charge in [-0.3, -0.25) is 9.69 Å². The Balaban J connectivity index is 1.47. The van der Waals surface area contributed by atoms with E-state index in [0.29, 0.717) is 69.1 Å². The van der Waals surface area contributed by atoms with Crippen LogP contribution in [0.4, 0.5) is 9.18 Å². The lowest BCUT2D eigenvalue weighted by atomic mass is 9.87. The summed E-state index contributed by atoms with van der Waals surface area (Å²) in [6.45, 7) is 9.93. The number of amides is 2. The highest BCUT2D eigenvalue weighted by Crippen LogP contribution is 2.38. The summed E-state index contributed by atoms with van der Waals surface area (Å²) in [5.74, 6) is -0.917. The van der Waals surface area contributed by atoms with Gasteiger partial charge in [-0.25, -0.2) is 9.18 Å². The third-order valence-corrected chi connectivity index (χ3v) is 7.21. The van der Waals surface area contributed by atoms with Crippen LogP contribution in [0.3, 0.4) is 0 Å². The number of hydrogen-bond acceptors (Lipinski definition) is 5. The van der Waals surface area contributed by atoms with Crippen LogP contribution in [-0.2, 0) is 14.3 Å². The predicted molar refractivity (Wildman–Crippen MR) is 127 cm³/mol. The molecule has 1 aromatic rings. The van der Waals surface area contributed by atoms with Gasteiger partial charge in [-0.05, 0) is 51.3 Å². The topological polar surface area (TPSA) is 62.3 Å². The molecule has 2 amide bonds. The molecule has 0 spiro atoms. The van der Waals surface area contributed by atoms with Gasteiger partial charge in [-0.2, -0.15) is 0 Å². The third-order valence-electron chi connectivity index (χ3n) is 6.98. The maximum absolute atomic E-state index is 14.9. The van der Waals surface area contributed by atoms with Gasteiger partial charge in [-0.15, -0.1) is 0 Å². The molecule has 34 heavy (non-hydrogen) atoms. The van der Waals surface area contributed by atoms with E-state index in [4.69, 9.17) is 21.1 Å². The molecule has 188 valence electrons. The molecule has 0 N–H and O–H groups in total. The summed E-state index contributed by atoms with van der Waals surface area (Å²) in [5, 5.41) is 0.349. The minimum atomic E-state index is -0.558. The fraction of sp³-hybridized carbons (Fsp3) is 0.680. The summed E-state index contributed by atoms with van der Waals surface area (Å²) < 4.78 is 25.9. The van der Waals surface area contributed by atoms with Gasteiger partial charge in [0.05, 0.1) is 5.92 Å². The van der Waals surface area contributed by atoms with E-state index in [1.807, 2.05) is 25.7 Å². The molecule has 7 nitrogen and oxygen atoms in total. The largest absolute Gasteiger partial charge is 0.444 e. The minimum Gasteiger partial charge on any atom is -0.444 e. The fourth-order valence-electron chi connectivity index (χ4n) is 5.22. The quantitative estimate of drug-likeness (QED) is 0.639. The second-order valence-corrected chi connectivity index (χ2v) is 10.9. The monoisotopic (exact) mass is 495 g/mol. The number of nitrogens with zero attached hydrogens (tertiary/aromatic N) is 3. The highest BCUT2D eigenvalue weighted by Gasteiger charge is 2.44. The second-order valence-electron chi connectivity index (χ2n) is 10.5. The lowest BCUT2D eigenvalue weighted by Crippen LogP contribution is -2.53. The molecule has 4 rings (SSSR count). The molecule has 0 aliphatic carbocycles. The van der Waals surface area contributed by atoms with Crippen LogP contribution in [0.15, 0.2) is 18.2 Å². The number of benzene rings is 1. The van der Waals surface area contributed by atoms with E-state index in [9.17, 15) is 14.0 Å². The summed E-state index contributed by atoms with van der Waals surface area (Å²) in [7, 11) is 0. The first kappa shape index (κ1) is 25.2. The number of carbonyl (C=O) groups is 2. The van der Waals surface area contributed by atoms with Crippen molar-refractivity contribution >= 4 is 23.6 Å². The van der Waals surface area contributed by atoms with Gasteiger partial charge in [-0.1, -0.05) is 17.7 Å². The first-order chi connectivity index (χ1) is 16.1. The van der Waals surface area contributed by atoms with Gasteiger partial charge in [0.15, 0.2) is 0 Å². The van der Waals surface area contributed by atoms with Crippen molar-refractivity contribution in [3.05, 3.63) is 34.6 Å². The van der Waals surface area contributed by atoms with Crippen LogP contribution in [0.5, 0.6) is 0 Å². The molecule has 1 unspecified atom stereocenters. The van der Waals surface area contributed by atoms with E-state index >= 15 is 0 Å². The Morgan fingerprint density at radius 1 is 1.06 bits per heavy atom. The average Bonchev–Trinajstić information content (AvgIpc) is 3.23. The van der Waals surface area contributed by atoms with E-state index in [0.717, 1.165) is 12.8 Å². The molecule has 3 aliphatic rings. The Labute approximate surface area is 206 Å². The molecular weight excluding hydrogens is 461 g/mol. The number of halogens is 2. The Bertz CT molecular complexity index is 895. The summed E-state index contributed by atoms with van der Waals surface area (Å²) in [6.07, 6.45) is 1.49. The number of rotatable bonds is 3. The number of hydrogen-bond donors (Lipinski definition) is 0. The van der Waals surface area contributed by atoms with Crippen molar-refractivity contribution in [3.63, 3.8) is 0 Å². The van der Waals surface area contributed by atoms with Gasteiger partial charge in [0.25, 0.3) is 0 Å². The number of likely N-dealkylation sites (tertiary alicyclic amines) is 1. The SMILES string of the molecule is CC(C)(C)OC(=O)N1CCN(C(=O)C2CN(C3CCOCC3)C[C@H]2c2ccc(Cl)cc2F)CC1. The third kappa shape index (κ3) is 5.83. The van der Waals surface area contributed by atoms with Crippen LogP contribution in [0.1, 0.15) is 45.1 Å². The van der Waals surface area contributed by atoms with Crippen LogP contribution in [0.25, 0.3) is 0 Å². The van der Waals surface area contributed by atoms with Gasteiger partial charge < -0.3 is 19.3 Å². The van der Waals surface area contributed by atoms with Crippen LogP contribution >= 0.6 is 11.6 Å². The zero-order valence-corrected chi connectivity index (χ0v) is 21.0. The molecule has 0 aromatic heterocycles. The average molecular weight is 496 g/mol. The van der Waals surface area contributed by atoms with Crippen molar-refractivity contribution in [1.29, 1.82) is 0 Å². The molecule has 9 heteroatoms. The molecule has 3 fully saturated rings. The van der Waals surface area contributed by atoms with Crippen LogP contribution in [0.2, 0.25) is 5.02 Å². The standard InChI is InChI=1S/C25H35ClFN3O4/c1-25(2,3)34-24(32)29-10-8-28(9-11-29)23(31)21-16-30(18-6-12-33-13-7-18)15-20(21)19-5-4-17(26)14-22(19)27/h4-5,14,18,20-21H,6-13,15-16H2,1-3H3/t20-,21?/m0/s1. The summed E-state index contributed by atoms with van der Waals surface area (Å²) >= 11 is 5.99. The zero-order chi connectivity index (χ0) is 24.5.